The molecule has 0 heterocycles. The van der Waals surface area contributed by atoms with E-state index in [1.807, 2.05) is 24.3 Å². The molecule has 138 valence electrons. The quantitative estimate of drug-likeness (QED) is 0.583. The Hall–Kier alpha value is -3.27. The van der Waals surface area contributed by atoms with E-state index >= 15 is 0 Å². The van der Waals surface area contributed by atoms with Crippen LogP contribution >= 0.6 is 0 Å². The molecule has 3 aromatic carbocycles. The molecule has 0 aromatic heterocycles. The Bertz CT molecular complexity index is 886. The summed E-state index contributed by atoms with van der Waals surface area (Å²) in [6, 6.07) is 23.1. The molecular formula is C23H23NO3. The summed E-state index contributed by atoms with van der Waals surface area (Å²) in [4.78, 5) is 10.9. The molecule has 0 atom stereocenters. The summed E-state index contributed by atoms with van der Waals surface area (Å²) in [6.07, 6.45) is 1.03. The fourth-order valence-corrected chi connectivity index (χ4v) is 2.75. The second kappa shape index (κ2) is 8.90. The molecule has 0 amide bonds. The molecule has 0 saturated heterocycles. The van der Waals surface area contributed by atoms with Gasteiger partial charge in [-0.1, -0.05) is 49.4 Å². The standard InChI is InChI=1S/C23H23NO3/c1-2-17-9-13-21(14-10-17)24-15-20-5-3-4-6-22(20)27-16-18-7-11-19(12-8-18)23(25)26/h3-14,24H,2,15-16H2,1H3,(H,25,26). The first-order valence-electron chi connectivity index (χ1n) is 9.01. The fourth-order valence-electron chi connectivity index (χ4n) is 2.75. The minimum atomic E-state index is -0.925. The van der Waals surface area contributed by atoms with Gasteiger partial charge in [0.05, 0.1) is 5.56 Å². The average Bonchev–Trinajstić information content (AvgIpc) is 2.72. The van der Waals surface area contributed by atoms with Crippen LogP contribution in [-0.2, 0) is 19.6 Å². The highest BCUT2D eigenvalue weighted by Crippen LogP contribution is 2.21. The fraction of sp³-hybridized carbons (Fsp3) is 0.174. The van der Waals surface area contributed by atoms with Crippen LogP contribution in [0.3, 0.4) is 0 Å². The smallest absolute Gasteiger partial charge is 0.335 e. The van der Waals surface area contributed by atoms with E-state index in [9.17, 15) is 4.79 Å². The predicted molar refractivity (Wildman–Crippen MR) is 107 cm³/mol. The van der Waals surface area contributed by atoms with Crippen LogP contribution in [0.4, 0.5) is 5.69 Å². The number of carboxylic acids is 1. The number of para-hydroxylation sites is 1. The molecule has 0 aliphatic heterocycles. The monoisotopic (exact) mass is 361 g/mol. The van der Waals surface area contributed by atoms with Gasteiger partial charge in [-0.15, -0.1) is 0 Å². The molecule has 3 rings (SSSR count). The van der Waals surface area contributed by atoms with E-state index in [1.54, 1.807) is 24.3 Å². The third-order valence-corrected chi connectivity index (χ3v) is 4.41. The van der Waals surface area contributed by atoms with Crippen LogP contribution < -0.4 is 10.1 Å². The van der Waals surface area contributed by atoms with Crippen LogP contribution in [-0.4, -0.2) is 11.1 Å². The van der Waals surface area contributed by atoms with Crippen LogP contribution in [0.1, 0.15) is 34.0 Å². The van der Waals surface area contributed by atoms with Crippen molar-refractivity contribution in [3.8, 4) is 5.75 Å². The number of aromatic carboxylic acids is 1. The van der Waals surface area contributed by atoms with Gasteiger partial charge in [-0.05, 0) is 47.9 Å². The van der Waals surface area contributed by atoms with Crippen LogP contribution in [0, 0.1) is 0 Å². The van der Waals surface area contributed by atoms with E-state index in [4.69, 9.17) is 9.84 Å². The molecule has 2 N–H and O–H groups in total. The molecule has 0 bridgehead atoms. The van der Waals surface area contributed by atoms with E-state index < -0.39 is 5.97 Å². The Kier molecular flexibility index (Phi) is 6.10. The van der Waals surface area contributed by atoms with E-state index in [1.165, 1.54) is 5.56 Å². The zero-order valence-electron chi connectivity index (χ0n) is 15.3. The van der Waals surface area contributed by atoms with Gasteiger partial charge in [-0.2, -0.15) is 0 Å². The Morgan fingerprint density at radius 1 is 0.926 bits per heavy atom. The summed E-state index contributed by atoms with van der Waals surface area (Å²) in [7, 11) is 0. The van der Waals surface area contributed by atoms with Crippen LogP contribution in [0.15, 0.2) is 72.8 Å². The number of hydrogen-bond acceptors (Lipinski definition) is 3. The molecule has 0 saturated carbocycles. The highest BCUT2D eigenvalue weighted by atomic mass is 16.5. The Labute approximate surface area is 159 Å². The minimum absolute atomic E-state index is 0.275. The number of nitrogens with one attached hydrogen (secondary N) is 1. The molecule has 0 aliphatic rings. The van der Waals surface area contributed by atoms with Gasteiger partial charge < -0.3 is 15.2 Å². The number of rotatable bonds is 8. The van der Waals surface area contributed by atoms with Gasteiger partial charge in [-0.3, -0.25) is 0 Å². The van der Waals surface area contributed by atoms with Crippen molar-refractivity contribution < 1.29 is 14.6 Å². The Balaban J connectivity index is 1.62. The maximum absolute atomic E-state index is 10.9. The summed E-state index contributed by atoms with van der Waals surface area (Å²) in [5.41, 5.74) is 4.67. The molecular weight excluding hydrogens is 338 g/mol. The van der Waals surface area contributed by atoms with Crippen LogP contribution in [0.25, 0.3) is 0 Å². The third kappa shape index (κ3) is 5.11. The molecule has 3 aromatic rings. The first-order chi connectivity index (χ1) is 13.2. The molecule has 0 fully saturated rings. The number of aryl methyl sites for hydroxylation is 1. The second-order valence-corrected chi connectivity index (χ2v) is 6.30. The lowest BCUT2D eigenvalue weighted by atomic mass is 10.1. The van der Waals surface area contributed by atoms with Crippen molar-refractivity contribution in [3.63, 3.8) is 0 Å². The normalized spacial score (nSPS) is 10.4. The number of benzene rings is 3. The maximum atomic E-state index is 10.9. The van der Waals surface area contributed by atoms with Gasteiger partial charge in [-0.25, -0.2) is 4.79 Å². The van der Waals surface area contributed by atoms with Crippen LogP contribution in [0.2, 0.25) is 0 Å². The number of anilines is 1. The lowest BCUT2D eigenvalue weighted by Crippen LogP contribution is -2.04. The van der Waals surface area contributed by atoms with E-state index in [0.29, 0.717) is 13.2 Å². The predicted octanol–water partition coefficient (Wildman–Crippen LogP) is 5.14. The molecule has 0 radical (unpaired) electrons. The van der Waals surface area contributed by atoms with Crippen molar-refractivity contribution in [2.45, 2.75) is 26.5 Å². The second-order valence-electron chi connectivity index (χ2n) is 6.30. The molecule has 0 spiro atoms. The summed E-state index contributed by atoms with van der Waals surface area (Å²) < 4.78 is 5.96. The SMILES string of the molecule is CCc1ccc(NCc2ccccc2OCc2ccc(C(=O)O)cc2)cc1. The van der Waals surface area contributed by atoms with Gasteiger partial charge in [0, 0.05) is 17.8 Å². The van der Waals surface area contributed by atoms with Gasteiger partial charge in [0.25, 0.3) is 0 Å². The van der Waals surface area contributed by atoms with E-state index in [2.05, 4.69) is 36.5 Å². The zero-order valence-corrected chi connectivity index (χ0v) is 15.3. The number of carboxylic acid groups (broad SMARTS) is 1. The van der Waals surface area contributed by atoms with Crippen molar-refractivity contribution in [1.82, 2.24) is 0 Å². The molecule has 4 heteroatoms. The molecule has 4 nitrogen and oxygen atoms in total. The summed E-state index contributed by atoms with van der Waals surface area (Å²) >= 11 is 0. The molecule has 0 aliphatic carbocycles. The Morgan fingerprint density at radius 2 is 1.59 bits per heavy atom. The lowest BCUT2D eigenvalue weighted by molar-refractivity contribution is 0.0697. The van der Waals surface area contributed by atoms with Crippen molar-refractivity contribution in [2.24, 2.45) is 0 Å². The molecule has 27 heavy (non-hydrogen) atoms. The number of ether oxygens (including phenoxy) is 1. The van der Waals surface area contributed by atoms with Gasteiger partial charge in [0.15, 0.2) is 0 Å². The van der Waals surface area contributed by atoms with Gasteiger partial charge in [0.2, 0.25) is 0 Å². The van der Waals surface area contributed by atoms with Crippen molar-refractivity contribution in [1.29, 1.82) is 0 Å². The summed E-state index contributed by atoms with van der Waals surface area (Å²) in [5.74, 6) is -0.108. The van der Waals surface area contributed by atoms with Crippen molar-refractivity contribution in [3.05, 3.63) is 95.1 Å². The van der Waals surface area contributed by atoms with Crippen LogP contribution in [0.5, 0.6) is 5.75 Å². The highest BCUT2D eigenvalue weighted by Gasteiger charge is 2.05. The third-order valence-electron chi connectivity index (χ3n) is 4.41. The average molecular weight is 361 g/mol. The maximum Gasteiger partial charge on any atom is 0.335 e. The largest absolute Gasteiger partial charge is 0.489 e. The lowest BCUT2D eigenvalue weighted by Gasteiger charge is -2.13. The van der Waals surface area contributed by atoms with Crippen molar-refractivity contribution >= 4 is 11.7 Å². The first kappa shape index (κ1) is 18.5. The van der Waals surface area contributed by atoms with E-state index in [0.717, 1.165) is 29.0 Å². The number of carbonyl (C=O) groups is 1. The molecule has 0 unspecified atom stereocenters. The topological polar surface area (TPSA) is 58.6 Å². The Morgan fingerprint density at radius 3 is 2.26 bits per heavy atom. The number of hydrogen-bond donors (Lipinski definition) is 2. The van der Waals surface area contributed by atoms with Gasteiger partial charge >= 0.3 is 5.97 Å². The van der Waals surface area contributed by atoms with Crippen molar-refractivity contribution in [2.75, 3.05) is 5.32 Å². The first-order valence-corrected chi connectivity index (χ1v) is 9.01. The summed E-state index contributed by atoms with van der Waals surface area (Å²) in [6.45, 7) is 3.20. The minimum Gasteiger partial charge on any atom is -0.489 e. The summed E-state index contributed by atoms with van der Waals surface area (Å²) in [5, 5.41) is 12.4. The highest BCUT2D eigenvalue weighted by molar-refractivity contribution is 5.87. The van der Waals surface area contributed by atoms with Gasteiger partial charge in [0.1, 0.15) is 12.4 Å². The zero-order chi connectivity index (χ0) is 19.1. The van der Waals surface area contributed by atoms with E-state index in [-0.39, 0.29) is 5.56 Å².